The largest absolute Gasteiger partial charge is 0.481 e. The number of fused-ring (bicyclic) bond motifs is 1. The predicted octanol–water partition coefficient (Wildman–Crippen LogP) is 2.45. The zero-order valence-electron chi connectivity index (χ0n) is 11.0. The molecule has 1 aliphatic carbocycles. The van der Waals surface area contributed by atoms with Gasteiger partial charge in [0.1, 0.15) is 0 Å². The Morgan fingerprint density at radius 2 is 1.90 bits per heavy atom. The van der Waals surface area contributed by atoms with Gasteiger partial charge in [0.25, 0.3) is 0 Å². The maximum atomic E-state index is 12.2. The topological polar surface area (TPSA) is 66.4 Å². The van der Waals surface area contributed by atoms with Gasteiger partial charge in [0, 0.05) is 10.6 Å². The van der Waals surface area contributed by atoms with Gasteiger partial charge in [0.05, 0.1) is 17.9 Å². The molecule has 1 fully saturated rings. The summed E-state index contributed by atoms with van der Waals surface area (Å²) in [6.45, 7) is 0. The fourth-order valence-electron chi connectivity index (χ4n) is 2.88. The van der Waals surface area contributed by atoms with Crippen molar-refractivity contribution in [3.8, 4) is 0 Å². The van der Waals surface area contributed by atoms with Gasteiger partial charge in [-0.1, -0.05) is 18.2 Å². The highest BCUT2D eigenvalue weighted by atomic mass is 32.2. The van der Waals surface area contributed by atoms with Gasteiger partial charge in [-0.2, -0.15) is 0 Å². The molecule has 1 amide bonds. The summed E-state index contributed by atoms with van der Waals surface area (Å²) in [4.78, 5) is 24.5. The second-order valence-electron chi connectivity index (χ2n) is 5.36. The molecule has 3 unspecified atom stereocenters. The van der Waals surface area contributed by atoms with Crippen molar-refractivity contribution in [1.29, 1.82) is 0 Å². The highest BCUT2D eigenvalue weighted by Crippen LogP contribution is 2.38. The Morgan fingerprint density at radius 1 is 1.15 bits per heavy atom. The molecule has 0 bridgehead atoms. The molecule has 0 aromatic heterocycles. The lowest BCUT2D eigenvalue weighted by Gasteiger charge is -2.34. The van der Waals surface area contributed by atoms with Crippen molar-refractivity contribution in [1.82, 2.24) is 5.32 Å². The normalized spacial score (nSPS) is 28.1. The number of nitrogens with one attached hydrogen (secondary N) is 1. The first-order chi connectivity index (χ1) is 9.66. The predicted molar refractivity (Wildman–Crippen MR) is 76.5 cm³/mol. The van der Waals surface area contributed by atoms with Gasteiger partial charge in [-0.25, -0.2) is 0 Å². The third-order valence-corrected chi connectivity index (χ3v) is 5.33. The van der Waals surface area contributed by atoms with Crippen LogP contribution < -0.4 is 5.32 Å². The quantitative estimate of drug-likeness (QED) is 0.897. The van der Waals surface area contributed by atoms with E-state index in [0.717, 1.165) is 17.7 Å². The fourth-order valence-corrected chi connectivity index (χ4v) is 4.01. The van der Waals surface area contributed by atoms with E-state index in [-0.39, 0.29) is 17.9 Å². The van der Waals surface area contributed by atoms with Crippen LogP contribution in [0.3, 0.4) is 0 Å². The SMILES string of the molecule is O=C(O)C1CCC1C(=O)NC1CCSc2ccccc21. The van der Waals surface area contributed by atoms with Crippen LogP contribution in [0.4, 0.5) is 0 Å². The molecule has 2 N–H and O–H groups in total. The monoisotopic (exact) mass is 291 g/mol. The van der Waals surface area contributed by atoms with Crippen LogP contribution in [0.5, 0.6) is 0 Å². The summed E-state index contributed by atoms with van der Waals surface area (Å²) >= 11 is 1.81. The lowest BCUT2D eigenvalue weighted by atomic mass is 9.73. The first-order valence-electron chi connectivity index (χ1n) is 6.91. The molecule has 3 rings (SSSR count). The number of hydrogen-bond donors (Lipinski definition) is 2. The van der Waals surface area contributed by atoms with Crippen molar-refractivity contribution in [3.05, 3.63) is 29.8 Å². The Hall–Kier alpha value is -1.49. The van der Waals surface area contributed by atoms with E-state index in [1.165, 1.54) is 4.90 Å². The first-order valence-corrected chi connectivity index (χ1v) is 7.90. The van der Waals surface area contributed by atoms with Crippen LogP contribution in [0.15, 0.2) is 29.2 Å². The Labute approximate surface area is 121 Å². The summed E-state index contributed by atoms with van der Waals surface area (Å²) < 4.78 is 0. The van der Waals surface area contributed by atoms with Gasteiger partial charge in [0.2, 0.25) is 5.91 Å². The van der Waals surface area contributed by atoms with Gasteiger partial charge >= 0.3 is 5.97 Å². The van der Waals surface area contributed by atoms with E-state index < -0.39 is 11.9 Å². The fraction of sp³-hybridized carbons (Fsp3) is 0.467. The van der Waals surface area contributed by atoms with Gasteiger partial charge in [-0.3, -0.25) is 9.59 Å². The molecular formula is C15H17NO3S. The molecule has 0 spiro atoms. The summed E-state index contributed by atoms with van der Waals surface area (Å²) in [5.41, 5.74) is 1.16. The minimum atomic E-state index is -0.851. The summed E-state index contributed by atoms with van der Waals surface area (Å²) in [6.07, 6.45) is 2.20. The highest BCUT2D eigenvalue weighted by Gasteiger charge is 2.42. The Morgan fingerprint density at radius 3 is 2.60 bits per heavy atom. The van der Waals surface area contributed by atoms with Crippen LogP contribution in [0.2, 0.25) is 0 Å². The summed E-state index contributed by atoms with van der Waals surface area (Å²) in [7, 11) is 0. The molecule has 1 aromatic rings. The van der Waals surface area contributed by atoms with E-state index in [2.05, 4.69) is 11.4 Å². The van der Waals surface area contributed by atoms with Crippen molar-refractivity contribution in [2.24, 2.45) is 11.8 Å². The number of aliphatic carboxylic acids is 1. The van der Waals surface area contributed by atoms with Crippen LogP contribution in [-0.4, -0.2) is 22.7 Å². The molecule has 0 saturated heterocycles. The Kier molecular flexibility index (Phi) is 3.70. The van der Waals surface area contributed by atoms with E-state index in [4.69, 9.17) is 5.11 Å². The number of benzene rings is 1. The maximum Gasteiger partial charge on any atom is 0.307 e. The van der Waals surface area contributed by atoms with Crippen molar-refractivity contribution in [2.45, 2.75) is 30.2 Å². The number of amides is 1. The van der Waals surface area contributed by atoms with E-state index in [1.54, 1.807) is 0 Å². The van der Waals surface area contributed by atoms with Gasteiger partial charge in [-0.05, 0) is 30.9 Å². The van der Waals surface area contributed by atoms with Crippen molar-refractivity contribution in [2.75, 3.05) is 5.75 Å². The highest BCUT2D eigenvalue weighted by molar-refractivity contribution is 7.99. The average molecular weight is 291 g/mol. The van der Waals surface area contributed by atoms with Crippen LogP contribution in [0.1, 0.15) is 30.9 Å². The summed E-state index contributed by atoms with van der Waals surface area (Å²) in [5, 5.41) is 12.1. The Bertz CT molecular complexity index is 546. The average Bonchev–Trinajstić information content (AvgIpc) is 2.37. The maximum absolute atomic E-state index is 12.2. The number of hydrogen-bond acceptors (Lipinski definition) is 3. The molecule has 3 atom stereocenters. The third kappa shape index (κ3) is 2.42. The number of carbonyl (C=O) groups is 2. The smallest absolute Gasteiger partial charge is 0.307 e. The first kappa shape index (κ1) is 13.5. The number of carboxylic acids is 1. The van der Waals surface area contributed by atoms with E-state index >= 15 is 0 Å². The molecule has 2 aliphatic rings. The molecule has 1 aliphatic heterocycles. The minimum absolute atomic E-state index is 0.0231. The number of carboxylic acid groups (broad SMARTS) is 1. The van der Waals surface area contributed by atoms with Crippen molar-refractivity contribution < 1.29 is 14.7 Å². The van der Waals surface area contributed by atoms with Gasteiger partial charge in [0.15, 0.2) is 0 Å². The molecule has 1 aromatic carbocycles. The lowest BCUT2D eigenvalue weighted by Crippen LogP contribution is -2.45. The molecule has 1 saturated carbocycles. The molecular weight excluding hydrogens is 274 g/mol. The molecule has 4 nitrogen and oxygen atoms in total. The molecule has 5 heteroatoms. The minimum Gasteiger partial charge on any atom is -0.481 e. The van der Waals surface area contributed by atoms with E-state index in [9.17, 15) is 9.59 Å². The van der Waals surface area contributed by atoms with Crippen LogP contribution in [0.25, 0.3) is 0 Å². The second-order valence-corrected chi connectivity index (χ2v) is 6.50. The van der Waals surface area contributed by atoms with Gasteiger partial charge in [-0.15, -0.1) is 11.8 Å². The Balaban J connectivity index is 1.70. The van der Waals surface area contributed by atoms with Crippen molar-refractivity contribution >= 4 is 23.6 Å². The van der Waals surface area contributed by atoms with Gasteiger partial charge < -0.3 is 10.4 Å². The van der Waals surface area contributed by atoms with Crippen LogP contribution in [-0.2, 0) is 9.59 Å². The second kappa shape index (κ2) is 5.48. The third-order valence-electron chi connectivity index (χ3n) is 4.20. The zero-order chi connectivity index (χ0) is 14.1. The zero-order valence-corrected chi connectivity index (χ0v) is 11.9. The summed E-state index contributed by atoms with van der Waals surface area (Å²) in [6, 6.07) is 8.12. The van der Waals surface area contributed by atoms with E-state index in [0.29, 0.717) is 12.8 Å². The lowest BCUT2D eigenvalue weighted by molar-refractivity contribution is -0.153. The summed E-state index contributed by atoms with van der Waals surface area (Å²) in [5.74, 6) is -0.821. The van der Waals surface area contributed by atoms with Crippen LogP contribution >= 0.6 is 11.8 Å². The molecule has 20 heavy (non-hydrogen) atoms. The van der Waals surface area contributed by atoms with E-state index in [1.807, 2.05) is 30.0 Å². The standard InChI is InChI=1S/C15H17NO3S/c17-14(9-5-6-10(9)15(18)19)16-12-7-8-20-13-4-2-1-3-11(12)13/h1-4,9-10,12H,5-8H2,(H,16,17)(H,18,19). The number of thioether (sulfide) groups is 1. The molecule has 1 heterocycles. The number of carbonyl (C=O) groups excluding carboxylic acids is 1. The molecule has 0 radical (unpaired) electrons. The van der Waals surface area contributed by atoms with Crippen molar-refractivity contribution in [3.63, 3.8) is 0 Å². The molecule has 106 valence electrons. The van der Waals surface area contributed by atoms with Crippen LogP contribution in [0, 0.1) is 11.8 Å². The number of rotatable bonds is 3.